The highest BCUT2D eigenvalue weighted by Crippen LogP contribution is 2.52. The first-order valence-electron chi connectivity index (χ1n) is 11.6. The number of methoxy groups -OCH3 is 1. The molecule has 3 atom stereocenters. The fourth-order valence-electron chi connectivity index (χ4n) is 4.91. The summed E-state index contributed by atoms with van der Waals surface area (Å²) in [5.41, 5.74) is 0.734. The normalized spacial score (nSPS) is 22.1. The molecule has 9 heteroatoms. The maximum absolute atomic E-state index is 13.9. The zero-order chi connectivity index (χ0) is 25.4. The molecule has 2 N–H and O–H groups in total. The van der Waals surface area contributed by atoms with Gasteiger partial charge >= 0.3 is 0 Å². The highest BCUT2D eigenvalue weighted by atomic mass is 32.1. The molecule has 0 saturated carbocycles. The van der Waals surface area contributed by atoms with Gasteiger partial charge in [0, 0.05) is 16.9 Å². The molecule has 1 fully saturated rings. The number of amides is 1. The molecule has 186 valence electrons. The first-order chi connectivity index (χ1) is 17.4. The van der Waals surface area contributed by atoms with Gasteiger partial charge in [-0.15, -0.1) is 0 Å². The predicted octanol–water partition coefficient (Wildman–Crippen LogP) is 5.03. The Morgan fingerprint density at radius 2 is 1.89 bits per heavy atom. The maximum atomic E-state index is 13.9. The Bertz CT molecular complexity index is 1300. The van der Waals surface area contributed by atoms with Gasteiger partial charge in [0.1, 0.15) is 17.5 Å². The van der Waals surface area contributed by atoms with Crippen LogP contribution in [0.4, 0.5) is 15.8 Å². The second kappa shape index (κ2) is 9.31. The maximum Gasteiger partial charge on any atom is 0.236 e. The van der Waals surface area contributed by atoms with Crippen LogP contribution in [0, 0.1) is 11.7 Å². The second-order valence-corrected chi connectivity index (χ2v) is 9.09. The number of ether oxygens (including phenoxy) is 3. The van der Waals surface area contributed by atoms with Crippen LogP contribution in [-0.4, -0.2) is 30.5 Å². The van der Waals surface area contributed by atoms with Gasteiger partial charge < -0.3 is 24.8 Å². The Labute approximate surface area is 214 Å². The molecule has 0 unspecified atom stereocenters. The van der Waals surface area contributed by atoms with Gasteiger partial charge in [0.15, 0.2) is 22.3 Å². The smallest absolute Gasteiger partial charge is 0.236 e. The van der Waals surface area contributed by atoms with E-state index < -0.39 is 17.7 Å². The summed E-state index contributed by atoms with van der Waals surface area (Å²) in [7, 11) is 1.58. The number of nitrogens with zero attached hydrogens (tertiary/aromatic N) is 1. The number of carbonyl (C=O) groups excluding carboxylic acids is 1. The third-order valence-electron chi connectivity index (χ3n) is 6.51. The van der Waals surface area contributed by atoms with Crippen molar-refractivity contribution in [2.45, 2.75) is 25.6 Å². The Morgan fingerprint density at radius 1 is 1.17 bits per heavy atom. The van der Waals surface area contributed by atoms with E-state index in [-0.39, 0.29) is 11.7 Å². The van der Waals surface area contributed by atoms with Crippen LogP contribution in [0.3, 0.4) is 0 Å². The molecule has 0 aromatic heterocycles. The molecule has 0 spiro atoms. The van der Waals surface area contributed by atoms with Crippen LogP contribution < -0.4 is 29.7 Å². The fraction of sp³-hybridized carbons (Fsp3) is 0.259. The number of hydrogen-bond donors (Lipinski definition) is 2. The van der Waals surface area contributed by atoms with Crippen molar-refractivity contribution in [1.82, 2.24) is 5.32 Å². The largest absolute Gasteiger partial charge is 0.497 e. The van der Waals surface area contributed by atoms with Crippen LogP contribution >= 0.6 is 12.2 Å². The summed E-state index contributed by atoms with van der Waals surface area (Å²) in [4.78, 5) is 15.6. The molecule has 1 saturated heterocycles. The van der Waals surface area contributed by atoms with Crippen molar-refractivity contribution < 1.29 is 23.4 Å². The molecule has 2 aliphatic rings. The lowest BCUT2D eigenvalue weighted by Crippen LogP contribution is -2.72. The fourth-order valence-corrected chi connectivity index (χ4v) is 5.33. The number of hydrogen-bond acceptors (Lipinski definition) is 5. The van der Waals surface area contributed by atoms with Crippen LogP contribution in [0.1, 0.15) is 25.5 Å². The van der Waals surface area contributed by atoms with E-state index in [0.717, 1.165) is 5.56 Å². The molecule has 1 amide bonds. The van der Waals surface area contributed by atoms with Crippen molar-refractivity contribution in [2.75, 3.05) is 23.9 Å². The lowest BCUT2D eigenvalue weighted by molar-refractivity contribution is -0.130. The first-order valence-corrected chi connectivity index (χ1v) is 12.0. The van der Waals surface area contributed by atoms with Crippen LogP contribution in [0.25, 0.3) is 0 Å². The van der Waals surface area contributed by atoms with E-state index in [9.17, 15) is 9.18 Å². The summed E-state index contributed by atoms with van der Waals surface area (Å²) < 4.78 is 31.5. The summed E-state index contributed by atoms with van der Waals surface area (Å²) in [6.45, 7) is 4.17. The van der Waals surface area contributed by atoms with E-state index in [0.29, 0.717) is 40.3 Å². The van der Waals surface area contributed by atoms with E-state index in [1.165, 1.54) is 12.1 Å². The molecule has 7 nitrogen and oxygen atoms in total. The molecule has 3 aromatic rings. The Morgan fingerprint density at radius 3 is 2.56 bits per heavy atom. The average molecular weight is 508 g/mol. The number of thiocarbonyl (C=S) groups is 1. The zero-order valence-corrected chi connectivity index (χ0v) is 20.9. The van der Waals surface area contributed by atoms with Crippen molar-refractivity contribution in [1.29, 1.82) is 0 Å². The standard InChI is InChI=1S/C27H26FN3O4S/c1-4-34-21-7-5-6-20-23-22(25(32)29-17-10-14-19(33-3)15-11-17)27(2,35-24(20)21)31(26(36)30-23)18-12-8-16(28)9-13-18/h5-15,22-23H,4H2,1-3H3,(H,29,32)(H,30,36)/t22-,23-,27+/m1/s1. The van der Waals surface area contributed by atoms with E-state index >= 15 is 0 Å². The molecule has 2 bridgehead atoms. The molecular weight excluding hydrogens is 481 g/mol. The number of anilines is 2. The zero-order valence-electron chi connectivity index (χ0n) is 20.1. The summed E-state index contributed by atoms with van der Waals surface area (Å²) in [5.74, 6) is 0.434. The minimum Gasteiger partial charge on any atom is -0.497 e. The third kappa shape index (κ3) is 3.99. The van der Waals surface area contributed by atoms with Gasteiger partial charge in [-0.2, -0.15) is 0 Å². The number of rotatable bonds is 6. The van der Waals surface area contributed by atoms with Crippen molar-refractivity contribution in [3.63, 3.8) is 0 Å². The van der Waals surface area contributed by atoms with Gasteiger partial charge in [-0.1, -0.05) is 12.1 Å². The lowest BCUT2D eigenvalue weighted by atomic mass is 9.78. The van der Waals surface area contributed by atoms with Gasteiger partial charge in [0.2, 0.25) is 5.91 Å². The molecule has 2 aliphatic heterocycles. The van der Waals surface area contributed by atoms with Gasteiger partial charge in [-0.05, 0) is 80.7 Å². The van der Waals surface area contributed by atoms with Crippen LogP contribution in [-0.2, 0) is 4.79 Å². The highest BCUT2D eigenvalue weighted by molar-refractivity contribution is 7.80. The molecule has 2 heterocycles. The number of nitrogens with one attached hydrogen (secondary N) is 2. The first kappa shape index (κ1) is 23.9. The topological polar surface area (TPSA) is 72.1 Å². The van der Waals surface area contributed by atoms with Gasteiger partial charge in [-0.25, -0.2) is 4.39 Å². The summed E-state index contributed by atoms with van der Waals surface area (Å²) >= 11 is 5.74. The monoisotopic (exact) mass is 507 g/mol. The summed E-state index contributed by atoms with van der Waals surface area (Å²) in [6, 6.07) is 18.1. The number of para-hydroxylation sites is 1. The predicted molar refractivity (Wildman–Crippen MR) is 139 cm³/mol. The second-order valence-electron chi connectivity index (χ2n) is 8.70. The Balaban J connectivity index is 1.61. The SMILES string of the molecule is CCOc1cccc2c1O[C@@]1(C)[C@@H](C(=O)Nc3ccc(OC)cc3)[C@@H]2NC(=S)N1c1ccc(F)cc1. The van der Waals surface area contributed by atoms with Crippen molar-refractivity contribution in [3.8, 4) is 17.2 Å². The molecule has 36 heavy (non-hydrogen) atoms. The van der Waals surface area contributed by atoms with E-state index in [1.54, 1.807) is 48.4 Å². The van der Waals surface area contributed by atoms with Crippen molar-refractivity contribution in [2.24, 2.45) is 5.92 Å². The minimum atomic E-state index is -1.25. The molecule has 3 aromatic carbocycles. The van der Waals surface area contributed by atoms with Crippen LogP contribution in [0.5, 0.6) is 17.2 Å². The van der Waals surface area contributed by atoms with Crippen molar-refractivity contribution >= 4 is 34.6 Å². The van der Waals surface area contributed by atoms with Gasteiger partial charge in [0.05, 0.1) is 19.8 Å². The molecular formula is C27H26FN3O4S. The van der Waals surface area contributed by atoms with Crippen LogP contribution in [0.2, 0.25) is 0 Å². The molecule has 5 rings (SSSR count). The quantitative estimate of drug-likeness (QED) is 0.454. The third-order valence-corrected chi connectivity index (χ3v) is 6.81. The lowest BCUT2D eigenvalue weighted by Gasteiger charge is -2.56. The number of fused-ring (bicyclic) bond motifs is 4. The van der Waals surface area contributed by atoms with E-state index in [2.05, 4.69) is 10.6 Å². The number of benzene rings is 3. The minimum absolute atomic E-state index is 0.262. The number of carbonyl (C=O) groups is 1. The Hall–Kier alpha value is -3.85. The summed E-state index contributed by atoms with van der Waals surface area (Å²) in [5, 5.41) is 6.72. The number of halogens is 1. The Kier molecular flexibility index (Phi) is 6.17. The van der Waals surface area contributed by atoms with Gasteiger partial charge in [0.25, 0.3) is 0 Å². The van der Waals surface area contributed by atoms with E-state index in [4.69, 9.17) is 26.4 Å². The van der Waals surface area contributed by atoms with E-state index in [1.807, 2.05) is 32.0 Å². The van der Waals surface area contributed by atoms with Crippen molar-refractivity contribution in [3.05, 3.63) is 78.1 Å². The van der Waals surface area contributed by atoms with Gasteiger partial charge in [-0.3, -0.25) is 9.69 Å². The van der Waals surface area contributed by atoms with Crippen LogP contribution in [0.15, 0.2) is 66.7 Å². The average Bonchev–Trinajstić information content (AvgIpc) is 2.86. The summed E-state index contributed by atoms with van der Waals surface area (Å²) in [6.07, 6.45) is 0. The molecule has 0 aliphatic carbocycles. The molecule has 0 radical (unpaired) electrons. The highest BCUT2D eigenvalue weighted by Gasteiger charge is 2.59.